The third-order valence-corrected chi connectivity index (χ3v) is 3.92. The van der Waals surface area contributed by atoms with E-state index in [0.717, 1.165) is 12.8 Å². The van der Waals surface area contributed by atoms with Gasteiger partial charge in [0.05, 0.1) is 0 Å². The Morgan fingerprint density at radius 2 is 2.07 bits per heavy atom. The lowest BCUT2D eigenvalue weighted by atomic mass is 9.68. The van der Waals surface area contributed by atoms with E-state index < -0.39 is 5.97 Å². The number of hydrogen-bond acceptors (Lipinski definition) is 2. The SMILES string of the molecule is CC1CCC(C(C)(C)S)C(CC(=O)O)C1. The van der Waals surface area contributed by atoms with Crippen LogP contribution in [-0.2, 0) is 4.79 Å². The summed E-state index contributed by atoms with van der Waals surface area (Å²) >= 11 is 4.62. The van der Waals surface area contributed by atoms with Crippen LogP contribution in [0.5, 0.6) is 0 Å². The second kappa shape index (κ2) is 4.77. The molecule has 2 nitrogen and oxygen atoms in total. The first-order valence-corrected chi connectivity index (χ1v) is 6.19. The molecule has 0 amide bonds. The summed E-state index contributed by atoms with van der Waals surface area (Å²) < 4.78 is -0.0553. The molecule has 0 aromatic carbocycles. The molecular formula is C12H22O2S. The second-order valence-electron chi connectivity index (χ2n) is 5.54. The minimum Gasteiger partial charge on any atom is -0.481 e. The van der Waals surface area contributed by atoms with Crippen molar-refractivity contribution in [1.82, 2.24) is 0 Å². The van der Waals surface area contributed by atoms with Crippen LogP contribution in [0.1, 0.15) is 46.5 Å². The Hall–Kier alpha value is -0.180. The van der Waals surface area contributed by atoms with Crippen molar-refractivity contribution in [2.24, 2.45) is 17.8 Å². The molecule has 1 saturated carbocycles. The van der Waals surface area contributed by atoms with Crippen LogP contribution in [0, 0.1) is 17.8 Å². The van der Waals surface area contributed by atoms with Crippen LogP contribution in [0.25, 0.3) is 0 Å². The Labute approximate surface area is 97.9 Å². The summed E-state index contributed by atoms with van der Waals surface area (Å²) in [5.41, 5.74) is 0. The van der Waals surface area contributed by atoms with E-state index in [2.05, 4.69) is 33.4 Å². The number of thiol groups is 1. The van der Waals surface area contributed by atoms with Crippen LogP contribution >= 0.6 is 12.6 Å². The van der Waals surface area contributed by atoms with Gasteiger partial charge in [-0.05, 0) is 30.6 Å². The number of hydrogen-bond donors (Lipinski definition) is 2. The molecule has 1 aliphatic rings. The average Bonchev–Trinajstić information content (AvgIpc) is 1.99. The van der Waals surface area contributed by atoms with Gasteiger partial charge in [-0.15, -0.1) is 0 Å². The first kappa shape index (κ1) is 12.9. The summed E-state index contributed by atoms with van der Waals surface area (Å²) in [7, 11) is 0. The molecule has 0 spiro atoms. The summed E-state index contributed by atoms with van der Waals surface area (Å²) in [6.45, 7) is 6.42. The van der Waals surface area contributed by atoms with Crippen LogP contribution in [-0.4, -0.2) is 15.8 Å². The number of carboxylic acid groups (broad SMARTS) is 1. The number of carboxylic acids is 1. The lowest BCUT2D eigenvalue weighted by Gasteiger charge is -2.41. The van der Waals surface area contributed by atoms with E-state index in [1.54, 1.807) is 0 Å². The van der Waals surface area contributed by atoms with Gasteiger partial charge in [0.1, 0.15) is 0 Å². The van der Waals surface area contributed by atoms with Crippen LogP contribution in [0.2, 0.25) is 0 Å². The highest BCUT2D eigenvalue weighted by atomic mass is 32.1. The van der Waals surface area contributed by atoms with Crippen LogP contribution < -0.4 is 0 Å². The summed E-state index contributed by atoms with van der Waals surface area (Å²) in [4.78, 5) is 10.8. The molecule has 88 valence electrons. The topological polar surface area (TPSA) is 37.3 Å². The lowest BCUT2D eigenvalue weighted by Crippen LogP contribution is -2.37. The highest BCUT2D eigenvalue weighted by molar-refractivity contribution is 7.81. The summed E-state index contributed by atoms with van der Waals surface area (Å²) in [6, 6.07) is 0. The molecule has 1 aliphatic carbocycles. The van der Waals surface area contributed by atoms with Crippen molar-refractivity contribution < 1.29 is 9.90 Å². The maximum Gasteiger partial charge on any atom is 0.303 e. The molecule has 0 aromatic rings. The monoisotopic (exact) mass is 230 g/mol. The Bertz CT molecular complexity index is 232. The third kappa shape index (κ3) is 3.71. The summed E-state index contributed by atoms with van der Waals surface area (Å²) in [5.74, 6) is 0.741. The van der Waals surface area contributed by atoms with E-state index in [0.29, 0.717) is 24.2 Å². The van der Waals surface area contributed by atoms with Gasteiger partial charge in [-0.25, -0.2) is 0 Å². The molecular weight excluding hydrogens is 208 g/mol. The Morgan fingerprint density at radius 1 is 1.47 bits per heavy atom. The van der Waals surface area contributed by atoms with Gasteiger partial charge >= 0.3 is 5.97 Å². The van der Waals surface area contributed by atoms with Crippen molar-refractivity contribution in [2.75, 3.05) is 0 Å². The molecule has 15 heavy (non-hydrogen) atoms. The molecule has 0 radical (unpaired) electrons. The molecule has 1 fully saturated rings. The first-order chi connectivity index (χ1) is 6.80. The van der Waals surface area contributed by atoms with Gasteiger partial charge in [-0.1, -0.05) is 27.2 Å². The molecule has 0 aliphatic heterocycles. The van der Waals surface area contributed by atoms with Crippen LogP contribution in [0.3, 0.4) is 0 Å². The van der Waals surface area contributed by atoms with E-state index >= 15 is 0 Å². The minimum absolute atomic E-state index is 0.0553. The zero-order valence-electron chi connectivity index (χ0n) is 9.86. The Balaban J connectivity index is 2.70. The third-order valence-electron chi connectivity index (χ3n) is 3.59. The van der Waals surface area contributed by atoms with E-state index in [1.165, 1.54) is 6.42 Å². The van der Waals surface area contributed by atoms with Crippen molar-refractivity contribution >= 4 is 18.6 Å². The maximum atomic E-state index is 10.8. The molecule has 0 heterocycles. The van der Waals surface area contributed by atoms with E-state index in [9.17, 15) is 4.79 Å². The van der Waals surface area contributed by atoms with E-state index in [-0.39, 0.29) is 4.75 Å². The standard InChI is InChI=1S/C12H22O2S/c1-8-4-5-10(12(2,3)15)9(6-8)7-11(13)14/h8-10,15H,4-7H2,1-3H3,(H,13,14). The molecule has 0 saturated heterocycles. The molecule has 3 unspecified atom stereocenters. The fraction of sp³-hybridized carbons (Fsp3) is 0.917. The normalized spacial score (nSPS) is 32.7. The molecule has 0 bridgehead atoms. The zero-order chi connectivity index (χ0) is 11.6. The zero-order valence-corrected chi connectivity index (χ0v) is 10.8. The number of rotatable bonds is 3. The van der Waals surface area contributed by atoms with E-state index in [1.807, 2.05) is 0 Å². The van der Waals surface area contributed by atoms with Crippen LogP contribution in [0.15, 0.2) is 0 Å². The smallest absolute Gasteiger partial charge is 0.303 e. The van der Waals surface area contributed by atoms with Crippen molar-refractivity contribution in [2.45, 2.75) is 51.2 Å². The largest absolute Gasteiger partial charge is 0.481 e. The van der Waals surface area contributed by atoms with Gasteiger partial charge in [0.25, 0.3) is 0 Å². The Morgan fingerprint density at radius 3 is 2.53 bits per heavy atom. The first-order valence-electron chi connectivity index (χ1n) is 5.75. The molecule has 3 heteroatoms. The van der Waals surface area contributed by atoms with E-state index in [4.69, 9.17) is 5.11 Å². The van der Waals surface area contributed by atoms with Crippen LogP contribution in [0.4, 0.5) is 0 Å². The molecule has 3 atom stereocenters. The van der Waals surface area contributed by atoms with Crippen molar-refractivity contribution in [1.29, 1.82) is 0 Å². The van der Waals surface area contributed by atoms with Gasteiger partial charge in [-0.3, -0.25) is 4.79 Å². The highest BCUT2D eigenvalue weighted by Gasteiger charge is 2.37. The lowest BCUT2D eigenvalue weighted by molar-refractivity contribution is -0.139. The molecule has 1 rings (SSSR count). The predicted molar refractivity (Wildman–Crippen MR) is 65.3 cm³/mol. The predicted octanol–water partition coefficient (Wildman–Crippen LogP) is 3.22. The average molecular weight is 230 g/mol. The van der Waals surface area contributed by atoms with Gasteiger partial charge in [0, 0.05) is 11.2 Å². The quantitative estimate of drug-likeness (QED) is 0.730. The van der Waals surface area contributed by atoms with Gasteiger partial charge in [0.15, 0.2) is 0 Å². The number of carbonyl (C=O) groups is 1. The molecule has 0 aromatic heterocycles. The molecule has 1 N–H and O–H groups in total. The Kier molecular flexibility index (Phi) is 4.10. The minimum atomic E-state index is -0.670. The maximum absolute atomic E-state index is 10.8. The van der Waals surface area contributed by atoms with Crippen molar-refractivity contribution in [3.05, 3.63) is 0 Å². The fourth-order valence-electron chi connectivity index (χ4n) is 2.88. The van der Waals surface area contributed by atoms with Gasteiger partial charge in [0.2, 0.25) is 0 Å². The van der Waals surface area contributed by atoms with Gasteiger partial charge < -0.3 is 5.11 Å². The summed E-state index contributed by atoms with van der Waals surface area (Å²) in [5, 5.41) is 8.91. The summed E-state index contributed by atoms with van der Waals surface area (Å²) in [6.07, 6.45) is 3.68. The highest BCUT2D eigenvalue weighted by Crippen LogP contribution is 2.43. The van der Waals surface area contributed by atoms with Crippen molar-refractivity contribution in [3.63, 3.8) is 0 Å². The fourth-order valence-corrected chi connectivity index (χ4v) is 3.22. The second-order valence-corrected chi connectivity index (χ2v) is 6.69. The van der Waals surface area contributed by atoms with Gasteiger partial charge in [-0.2, -0.15) is 12.6 Å². The number of aliphatic carboxylic acids is 1. The van der Waals surface area contributed by atoms with Crippen molar-refractivity contribution in [3.8, 4) is 0 Å².